The number of aromatic amines is 1. The van der Waals surface area contributed by atoms with Gasteiger partial charge in [-0.3, -0.25) is 9.89 Å². The average molecular weight is 301 g/mol. The van der Waals surface area contributed by atoms with Gasteiger partial charge < -0.3 is 5.32 Å². The monoisotopic (exact) mass is 301 g/mol. The van der Waals surface area contributed by atoms with Crippen LogP contribution in [0.5, 0.6) is 0 Å². The molecular formula is C15H21N6O. The first-order chi connectivity index (χ1) is 10.6. The van der Waals surface area contributed by atoms with Crippen LogP contribution < -0.4 is 5.32 Å². The molecule has 0 aliphatic heterocycles. The summed E-state index contributed by atoms with van der Waals surface area (Å²) < 4.78 is 1.74. The van der Waals surface area contributed by atoms with E-state index < -0.39 is 0 Å². The summed E-state index contributed by atoms with van der Waals surface area (Å²) in [6.07, 6.45) is 7.67. The minimum Gasteiger partial charge on any atom is -0.309 e. The topological polar surface area (TPSA) is 88.5 Å². The molecule has 1 fully saturated rings. The maximum absolute atomic E-state index is 12.0. The van der Waals surface area contributed by atoms with Gasteiger partial charge in [-0.05, 0) is 39.5 Å². The van der Waals surface area contributed by atoms with Crippen molar-refractivity contribution < 1.29 is 4.79 Å². The smallest absolute Gasteiger partial charge is 0.231 e. The molecule has 1 radical (unpaired) electrons. The van der Waals surface area contributed by atoms with E-state index in [1.165, 1.54) is 0 Å². The second kappa shape index (κ2) is 6.29. The zero-order valence-electron chi connectivity index (χ0n) is 12.9. The van der Waals surface area contributed by atoms with Crippen LogP contribution in [0.25, 0.3) is 0 Å². The van der Waals surface area contributed by atoms with Crippen LogP contribution in [0, 0.1) is 6.42 Å². The predicted octanol–water partition coefficient (Wildman–Crippen LogP) is 2.24. The van der Waals surface area contributed by atoms with Crippen molar-refractivity contribution >= 4 is 11.7 Å². The molecule has 0 bridgehead atoms. The minimum atomic E-state index is -0.133. The van der Waals surface area contributed by atoms with E-state index in [1.54, 1.807) is 10.9 Å². The summed E-state index contributed by atoms with van der Waals surface area (Å²) >= 11 is 0. The van der Waals surface area contributed by atoms with Crippen LogP contribution >= 0.6 is 0 Å². The molecule has 1 atom stereocenters. The van der Waals surface area contributed by atoms with Gasteiger partial charge >= 0.3 is 0 Å². The quantitative estimate of drug-likeness (QED) is 0.886. The molecule has 22 heavy (non-hydrogen) atoms. The molecule has 1 aliphatic rings. The maximum atomic E-state index is 12.0. The number of carbonyl (C=O) groups excluding carboxylic acids is 1. The highest BCUT2D eigenvalue weighted by atomic mass is 16.1. The number of aromatic nitrogens is 5. The molecule has 1 aliphatic carbocycles. The number of hydrogen-bond acceptors (Lipinski definition) is 4. The molecule has 0 unspecified atom stereocenters. The van der Waals surface area contributed by atoms with E-state index in [4.69, 9.17) is 0 Å². The van der Waals surface area contributed by atoms with Crippen molar-refractivity contribution in [1.82, 2.24) is 25.2 Å². The van der Waals surface area contributed by atoms with Gasteiger partial charge in [-0.25, -0.2) is 4.68 Å². The van der Waals surface area contributed by atoms with Crippen LogP contribution in [0.1, 0.15) is 56.5 Å². The Morgan fingerprint density at radius 2 is 2.41 bits per heavy atom. The SMILES string of the molecule is CC(C)n1cc(CC(=O)Nc2cc([C@H]3C[CH]CC3)[nH]n2)nn1. The van der Waals surface area contributed by atoms with Gasteiger partial charge in [0.05, 0.1) is 12.1 Å². The van der Waals surface area contributed by atoms with Gasteiger partial charge in [-0.15, -0.1) is 5.10 Å². The Labute approximate surface area is 129 Å². The van der Waals surface area contributed by atoms with Crippen LogP contribution in [-0.4, -0.2) is 31.1 Å². The number of carbonyl (C=O) groups is 1. The molecule has 0 saturated heterocycles. The van der Waals surface area contributed by atoms with Gasteiger partial charge in [0.25, 0.3) is 0 Å². The second-order valence-electron chi connectivity index (χ2n) is 6.02. The molecule has 0 spiro atoms. The molecule has 0 aromatic carbocycles. The Balaban J connectivity index is 1.57. The van der Waals surface area contributed by atoms with Gasteiger partial charge in [-0.2, -0.15) is 5.10 Å². The molecule has 7 nitrogen and oxygen atoms in total. The molecule has 1 amide bonds. The summed E-state index contributed by atoms with van der Waals surface area (Å²) in [5.41, 5.74) is 1.75. The number of nitrogens with one attached hydrogen (secondary N) is 2. The molecule has 7 heteroatoms. The Morgan fingerprint density at radius 1 is 1.55 bits per heavy atom. The lowest BCUT2D eigenvalue weighted by molar-refractivity contribution is -0.115. The highest BCUT2D eigenvalue weighted by Gasteiger charge is 2.20. The third kappa shape index (κ3) is 3.35. The van der Waals surface area contributed by atoms with E-state index in [9.17, 15) is 4.79 Å². The Hall–Kier alpha value is -2.18. The van der Waals surface area contributed by atoms with E-state index in [1.807, 2.05) is 19.9 Å². The number of hydrogen-bond donors (Lipinski definition) is 2. The zero-order chi connectivity index (χ0) is 15.5. The Morgan fingerprint density at radius 3 is 3.09 bits per heavy atom. The minimum absolute atomic E-state index is 0.133. The molecule has 3 rings (SSSR count). The summed E-state index contributed by atoms with van der Waals surface area (Å²) in [4.78, 5) is 12.0. The molecule has 2 heterocycles. The van der Waals surface area contributed by atoms with E-state index in [0.29, 0.717) is 17.4 Å². The Kier molecular flexibility index (Phi) is 4.22. The van der Waals surface area contributed by atoms with Gasteiger partial charge in [0.2, 0.25) is 5.91 Å². The first-order valence-corrected chi connectivity index (χ1v) is 7.69. The fraction of sp³-hybridized carbons (Fsp3) is 0.533. The lowest BCUT2D eigenvalue weighted by Gasteiger charge is -2.03. The summed E-state index contributed by atoms with van der Waals surface area (Å²) in [5.74, 6) is 0.944. The van der Waals surface area contributed by atoms with Crippen molar-refractivity contribution in [2.45, 2.75) is 51.5 Å². The van der Waals surface area contributed by atoms with Crippen molar-refractivity contribution in [1.29, 1.82) is 0 Å². The number of rotatable bonds is 5. The highest BCUT2D eigenvalue weighted by Crippen LogP contribution is 2.32. The van der Waals surface area contributed by atoms with Crippen molar-refractivity contribution in [3.63, 3.8) is 0 Å². The molecule has 2 aromatic rings. The van der Waals surface area contributed by atoms with Crippen LogP contribution in [0.2, 0.25) is 0 Å². The first-order valence-electron chi connectivity index (χ1n) is 7.69. The summed E-state index contributed by atoms with van der Waals surface area (Å²) in [6.45, 7) is 4.04. The van der Waals surface area contributed by atoms with Crippen molar-refractivity contribution in [2.24, 2.45) is 0 Å². The predicted molar refractivity (Wildman–Crippen MR) is 82.2 cm³/mol. The summed E-state index contributed by atoms with van der Waals surface area (Å²) in [6, 6.07) is 2.16. The van der Waals surface area contributed by atoms with E-state index in [0.717, 1.165) is 25.0 Å². The first kappa shape index (κ1) is 14.7. The van der Waals surface area contributed by atoms with Crippen LogP contribution in [0.15, 0.2) is 12.3 Å². The number of H-pyrrole nitrogens is 1. The molecule has 2 aromatic heterocycles. The Bertz CT molecular complexity index is 638. The van der Waals surface area contributed by atoms with E-state index in [2.05, 4.69) is 32.2 Å². The molecule has 117 valence electrons. The summed E-state index contributed by atoms with van der Waals surface area (Å²) in [7, 11) is 0. The fourth-order valence-corrected chi connectivity index (χ4v) is 2.65. The fourth-order valence-electron chi connectivity index (χ4n) is 2.65. The van der Waals surface area contributed by atoms with Gasteiger partial charge in [0.15, 0.2) is 5.82 Å². The van der Waals surface area contributed by atoms with Gasteiger partial charge in [0, 0.05) is 29.9 Å². The number of nitrogens with zero attached hydrogens (tertiary/aromatic N) is 4. The highest BCUT2D eigenvalue weighted by molar-refractivity contribution is 5.91. The number of amides is 1. The zero-order valence-corrected chi connectivity index (χ0v) is 12.9. The largest absolute Gasteiger partial charge is 0.309 e. The van der Waals surface area contributed by atoms with Crippen LogP contribution in [0.3, 0.4) is 0 Å². The standard InChI is InChI=1S/C15H21N6O/c1-10(2)21-9-12(17-20-21)7-15(22)16-14-8-13(18-19-14)11-5-3-4-6-11/h3,8-11H,4-7H2,1-2H3,(H2,16,18,19,22)/t11-/m0/s1. The van der Waals surface area contributed by atoms with E-state index >= 15 is 0 Å². The lowest BCUT2D eigenvalue weighted by atomic mass is 10.0. The van der Waals surface area contributed by atoms with Crippen molar-refractivity contribution in [3.8, 4) is 0 Å². The van der Waals surface area contributed by atoms with Crippen LogP contribution in [-0.2, 0) is 11.2 Å². The van der Waals surface area contributed by atoms with Crippen molar-refractivity contribution in [3.05, 3.63) is 30.1 Å². The molecule has 2 N–H and O–H groups in total. The third-order valence-electron chi connectivity index (χ3n) is 3.90. The molecule has 1 saturated carbocycles. The third-order valence-corrected chi connectivity index (χ3v) is 3.90. The average Bonchev–Trinajstić information content (AvgIpc) is 3.18. The second-order valence-corrected chi connectivity index (χ2v) is 6.02. The maximum Gasteiger partial charge on any atom is 0.231 e. The summed E-state index contributed by atoms with van der Waals surface area (Å²) in [5, 5.41) is 18.0. The lowest BCUT2D eigenvalue weighted by Crippen LogP contribution is -2.14. The number of anilines is 1. The van der Waals surface area contributed by atoms with E-state index in [-0.39, 0.29) is 18.4 Å². The van der Waals surface area contributed by atoms with Gasteiger partial charge in [-0.1, -0.05) is 5.21 Å². The van der Waals surface area contributed by atoms with Gasteiger partial charge in [0.1, 0.15) is 0 Å². The van der Waals surface area contributed by atoms with Crippen LogP contribution in [0.4, 0.5) is 5.82 Å². The normalized spacial score (nSPS) is 15.6. The van der Waals surface area contributed by atoms with Crippen molar-refractivity contribution in [2.75, 3.05) is 5.32 Å². The molecular weight excluding hydrogens is 280 g/mol.